The summed E-state index contributed by atoms with van der Waals surface area (Å²) in [6.07, 6.45) is 0. The molecule has 1 unspecified atom stereocenters. The van der Waals surface area contributed by atoms with Crippen LogP contribution < -0.4 is 15.4 Å². The summed E-state index contributed by atoms with van der Waals surface area (Å²) in [6, 6.07) is 12.6. The molecule has 3 aromatic rings. The van der Waals surface area contributed by atoms with Gasteiger partial charge in [-0.05, 0) is 37.8 Å². The maximum absolute atomic E-state index is 13.6. The number of thioether (sulfide) groups is 1. The zero-order chi connectivity index (χ0) is 24.2. The summed E-state index contributed by atoms with van der Waals surface area (Å²) >= 11 is 1.44. The molecule has 11 heteroatoms. The fourth-order valence-corrected chi connectivity index (χ4v) is 4.38. The molecule has 2 aromatic carbocycles. The molecule has 1 amide bonds. The molecule has 2 N–H and O–H groups in total. The summed E-state index contributed by atoms with van der Waals surface area (Å²) in [5.74, 6) is 1.29. The highest BCUT2D eigenvalue weighted by Crippen LogP contribution is 2.40. The van der Waals surface area contributed by atoms with E-state index in [4.69, 9.17) is 4.74 Å². The van der Waals surface area contributed by atoms with Gasteiger partial charge >= 0.3 is 0 Å². The van der Waals surface area contributed by atoms with Crippen LogP contribution in [0.2, 0.25) is 0 Å². The first-order chi connectivity index (χ1) is 16.4. The summed E-state index contributed by atoms with van der Waals surface area (Å²) < 4.78 is 7.17. The summed E-state index contributed by atoms with van der Waals surface area (Å²) in [6.45, 7) is 6.03. The summed E-state index contributed by atoms with van der Waals surface area (Å²) in [5, 5.41) is 23.0. The Bertz CT molecular complexity index is 1270. The van der Waals surface area contributed by atoms with E-state index in [1.165, 1.54) is 22.5 Å². The van der Waals surface area contributed by atoms with Crippen molar-refractivity contribution < 1.29 is 14.5 Å². The molecule has 1 atom stereocenters. The highest BCUT2D eigenvalue weighted by Gasteiger charge is 2.37. The standard InChI is InChI=1S/C23H24N6O4S/c1-4-33-18-13-9-7-11-16(18)25-21(30)19-14(3)24-22-26-23(34-5-2)27-28(22)20(19)15-10-6-8-12-17(15)29(31)32/h6-13,20H,4-5H2,1-3H3,(H,25,30)(H,24,26,27). The molecule has 0 radical (unpaired) electrons. The lowest BCUT2D eigenvalue weighted by Gasteiger charge is -2.28. The number of nitrogens with zero attached hydrogens (tertiary/aromatic N) is 4. The van der Waals surface area contributed by atoms with Gasteiger partial charge < -0.3 is 15.4 Å². The molecule has 1 aromatic heterocycles. The predicted molar refractivity (Wildman–Crippen MR) is 130 cm³/mol. The second-order valence-corrected chi connectivity index (χ2v) is 8.59. The number of allylic oxidation sites excluding steroid dienone is 1. The Morgan fingerprint density at radius 3 is 2.71 bits per heavy atom. The van der Waals surface area contributed by atoms with Gasteiger partial charge in [0.05, 0.1) is 28.4 Å². The Kier molecular flexibility index (Phi) is 6.82. The van der Waals surface area contributed by atoms with Crippen LogP contribution in [0.4, 0.5) is 17.3 Å². The van der Waals surface area contributed by atoms with E-state index in [0.29, 0.717) is 46.0 Å². The molecule has 1 aliphatic rings. The highest BCUT2D eigenvalue weighted by molar-refractivity contribution is 7.99. The number of nitrogens with one attached hydrogen (secondary N) is 2. The molecule has 0 aliphatic carbocycles. The lowest BCUT2D eigenvalue weighted by atomic mass is 9.93. The van der Waals surface area contributed by atoms with Crippen LogP contribution in [0.15, 0.2) is 65.0 Å². The summed E-state index contributed by atoms with van der Waals surface area (Å²) in [7, 11) is 0. The first-order valence-corrected chi connectivity index (χ1v) is 11.8. The minimum Gasteiger partial charge on any atom is -0.492 e. The van der Waals surface area contributed by atoms with E-state index in [0.717, 1.165) is 5.75 Å². The fourth-order valence-electron chi connectivity index (χ4n) is 3.83. The molecule has 0 spiro atoms. The van der Waals surface area contributed by atoms with Gasteiger partial charge in [-0.15, -0.1) is 5.10 Å². The number of hydrogen-bond donors (Lipinski definition) is 2. The number of nitro benzene ring substituents is 1. The first kappa shape index (κ1) is 23.3. The number of anilines is 2. The van der Waals surface area contributed by atoms with Gasteiger partial charge in [0.25, 0.3) is 11.6 Å². The van der Waals surface area contributed by atoms with E-state index >= 15 is 0 Å². The Labute approximate surface area is 200 Å². The lowest BCUT2D eigenvalue weighted by Crippen LogP contribution is -2.32. The summed E-state index contributed by atoms with van der Waals surface area (Å²) in [4.78, 5) is 29.5. The SMILES string of the molecule is CCOc1ccccc1NC(=O)C1=C(C)Nc2nc(SCC)nn2C1c1ccccc1[N+](=O)[O-]. The number of hydrogen-bond acceptors (Lipinski definition) is 8. The summed E-state index contributed by atoms with van der Waals surface area (Å²) in [5.41, 5.74) is 1.57. The topological polar surface area (TPSA) is 124 Å². The second kappa shape index (κ2) is 9.96. The maximum atomic E-state index is 13.6. The molecule has 0 saturated carbocycles. The van der Waals surface area contributed by atoms with Gasteiger partial charge in [-0.25, -0.2) is 4.68 Å². The van der Waals surface area contributed by atoms with Crippen molar-refractivity contribution in [3.63, 3.8) is 0 Å². The van der Waals surface area contributed by atoms with Gasteiger partial charge in [0.2, 0.25) is 11.1 Å². The third kappa shape index (κ3) is 4.46. The van der Waals surface area contributed by atoms with E-state index < -0.39 is 16.9 Å². The Morgan fingerprint density at radius 1 is 1.24 bits per heavy atom. The van der Waals surface area contributed by atoms with Crippen LogP contribution in [0, 0.1) is 10.1 Å². The fraction of sp³-hybridized carbons (Fsp3) is 0.261. The molecular formula is C23H24N6O4S. The molecule has 34 heavy (non-hydrogen) atoms. The third-order valence-electron chi connectivity index (χ3n) is 5.21. The van der Waals surface area contributed by atoms with Crippen molar-refractivity contribution in [1.82, 2.24) is 14.8 Å². The van der Waals surface area contributed by atoms with Gasteiger partial charge in [0.1, 0.15) is 11.8 Å². The number of carbonyl (C=O) groups is 1. The normalized spacial score (nSPS) is 14.9. The van der Waals surface area contributed by atoms with Crippen molar-refractivity contribution in [1.29, 1.82) is 0 Å². The van der Waals surface area contributed by atoms with Gasteiger partial charge in [0.15, 0.2) is 0 Å². The van der Waals surface area contributed by atoms with Crippen molar-refractivity contribution in [3.05, 3.63) is 75.5 Å². The lowest BCUT2D eigenvalue weighted by molar-refractivity contribution is -0.385. The van der Waals surface area contributed by atoms with E-state index in [2.05, 4.69) is 20.7 Å². The molecule has 2 heterocycles. The average Bonchev–Trinajstić information content (AvgIpc) is 3.21. The molecular weight excluding hydrogens is 456 g/mol. The Morgan fingerprint density at radius 2 is 1.97 bits per heavy atom. The van der Waals surface area contributed by atoms with Crippen LogP contribution >= 0.6 is 11.8 Å². The molecule has 1 aliphatic heterocycles. The van der Waals surface area contributed by atoms with Crippen LogP contribution in [0.5, 0.6) is 5.75 Å². The number of nitro groups is 1. The largest absolute Gasteiger partial charge is 0.492 e. The zero-order valence-corrected chi connectivity index (χ0v) is 19.8. The van der Waals surface area contributed by atoms with Crippen LogP contribution in [0.1, 0.15) is 32.4 Å². The van der Waals surface area contributed by atoms with Crippen molar-refractivity contribution >= 4 is 35.0 Å². The van der Waals surface area contributed by atoms with Crippen LogP contribution in [-0.4, -0.2) is 38.0 Å². The predicted octanol–water partition coefficient (Wildman–Crippen LogP) is 4.62. The minimum atomic E-state index is -0.851. The molecule has 10 nitrogen and oxygen atoms in total. The van der Waals surface area contributed by atoms with E-state index in [9.17, 15) is 14.9 Å². The smallest absolute Gasteiger partial charge is 0.275 e. The number of aromatic nitrogens is 3. The van der Waals surface area contributed by atoms with Crippen molar-refractivity contribution in [3.8, 4) is 5.75 Å². The van der Waals surface area contributed by atoms with Crippen LogP contribution in [0.3, 0.4) is 0 Å². The number of fused-ring (bicyclic) bond motifs is 1. The number of benzene rings is 2. The van der Waals surface area contributed by atoms with Crippen molar-refractivity contribution in [2.75, 3.05) is 23.0 Å². The number of amides is 1. The van der Waals surface area contributed by atoms with Gasteiger partial charge in [-0.2, -0.15) is 4.98 Å². The van der Waals surface area contributed by atoms with Gasteiger partial charge in [-0.3, -0.25) is 14.9 Å². The average molecular weight is 481 g/mol. The van der Waals surface area contributed by atoms with E-state index in [1.807, 2.05) is 19.9 Å². The number of rotatable bonds is 8. The first-order valence-electron chi connectivity index (χ1n) is 10.8. The Hall–Kier alpha value is -3.86. The number of ether oxygens (including phenoxy) is 1. The second-order valence-electron chi connectivity index (χ2n) is 7.36. The van der Waals surface area contributed by atoms with Gasteiger partial charge in [-0.1, -0.05) is 43.0 Å². The molecule has 0 saturated heterocycles. The monoisotopic (exact) mass is 480 g/mol. The number of carbonyl (C=O) groups excluding carboxylic acids is 1. The molecule has 4 rings (SSSR count). The van der Waals surface area contributed by atoms with Crippen LogP contribution in [-0.2, 0) is 4.79 Å². The van der Waals surface area contributed by atoms with Crippen molar-refractivity contribution in [2.24, 2.45) is 0 Å². The Balaban J connectivity index is 1.83. The molecule has 0 bridgehead atoms. The highest BCUT2D eigenvalue weighted by atomic mass is 32.2. The van der Waals surface area contributed by atoms with E-state index in [-0.39, 0.29) is 5.69 Å². The maximum Gasteiger partial charge on any atom is 0.275 e. The van der Waals surface area contributed by atoms with Gasteiger partial charge in [0, 0.05) is 11.8 Å². The van der Waals surface area contributed by atoms with Crippen molar-refractivity contribution in [2.45, 2.75) is 32.0 Å². The minimum absolute atomic E-state index is 0.103. The number of para-hydroxylation sites is 3. The van der Waals surface area contributed by atoms with E-state index in [1.54, 1.807) is 43.3 Å². The zero-order valence-electron chi connectivity index (χ0n) is 18.9. The molecule has 0 fully saturated rings. The van der Waals surface area contributed by atoms with Crippen LogP contribution in [0.25, 0.3) is 0 Å². The quantitative estimate of drug-likeness (QED) is 0.272. The third-order valence-corrected chi connectivity index (χ3v) is 5.93. The molecule has 176 valence electrons.